The van der Waals surface area contributed by atoms with Crippen LogP contribution < -0.4 is 11.5 Å². The van der Waals surface area contributed by atoms with Crippen molar-refractivity contribution in [1.82, 2.24) is 0 Å². The van der Waals surface area contributed by atoms with Crippen LogP contribution in [-0.4, -0.2) is 5.66 Å². The fourth-order valence-corrected chi connectivity index (χ4v) is 4.58. The molecule has 0 saturated heterocycles. The highest BCUT2D eigenvalue weighted by Crippen LogP contribution is 2.40. The highest BCUT2D eigenvalue weighted by molar-refractivity contribution is 5.90. The molecule has 0 atom stereocenters. The second-order valence-corrected chi connectivity index (χ2v) is 8.28. The summed E-state index contributed by atoms with van der Waals surface area (Å²) in [6, 6.07) is 29.9. The van der Waals surface area contributed by atoms with Gasteiger partial charge in [0.15, 0.2) is 0 Å². The first-order chi connectivity index (χ1) is 13.5. The smallest absolute Gasteiger partial charge is 0.0751 e. The molecule has 0 saturated carbocycles. The van der Waals surface area contributed by atoms with E-state index in [4.69, 9.17) is 11.5 Å². The Morgan fingerprint density at radius 2 is 1.07 bits per heavy atom. The van der Waals surface area contributed by atoms with Crippen molar-refractivity contribution >= 4 is 21.5 Å². The zero-order valence-corrected chi connectivity index (χ0v) is 16.6. The van der Waals surface area contributed by atoms with Crippen molar-refractivity contribution in [1.29, 1.82) is 0 Å². The van der Waals surface area contributed by atoms with E-state index in [0.717, 1.165) is 6.42 Å². The number of rotatable bonds is 5. The van der Waals surface area contributed by atoms with Gasteiger partial charge in [-0.3, -0.25) is 0 Å². The van der Waals surface area contributed by atoms with Gasteiger partial charge in [0.25, 0.3) is 0 Å². The van der Waals surface area contributed by atoms with Gasteiger partial charge in [-0.05, 0) is 45.0 Å². The molecule has 0 bridgehead atoms. The topological polar surface area (TPSA) is 52.0 Å². The van der Waals surface area contributed by atoms with Gasteiger partial charge >= 0.3 is 0 Å². The molecule has 0 spiro atoms. The summed E-state index contributed by atoms with van der Waals surface area (Å²) in [5, 5.41) is 4.86. The van der Waals surface area contributed by atoms with E-state index in [2.05, 4.69) is 98.8 Å². The van der Waals surface area contributed by atoms with Gasteiger partial charge in [0.05, 0.1) is 5.66 Å². The molecule has 28 heavy (non-hydrogen) atoms. The van der Waals surface area contributed by atoms with Crippen molar-refractivity contribution in [3.63, 3.8) is 0 Å². The summed E-state index contributed by atoms with van der Waals surface area (Å²) in [4.78, 5) is 0. The van der Waals surface area contributed by atoms with Crippen LogP contribution >= 0.6 is 0 Å². The number of hydrogen-bond donors (Lipinski definition) is 2. The van der Waals surface area contributed by atoms with Crippen molar-refractivity contribution in [2.75, 3.05) is 0 Å². The molecule has 0 aromatic heterocycles. The Balaban J connectivity index is 2.02. The van der Waals surface area contributed by atoms with Crippen molar-refractivity contribution < 1.29 is 0 Å². The first kappa shape index (κ1) is 18.7. The molecule has 2 nitrogen and oxygen atoms in total. The van der Waals surface area contributed by atoms with Crippen LogP contribution in [0.25, 0.3) is 21.5 Å². The van der Waals surface area contributed by atoms with Gasteiger partial charge < -0.3 is 11.5 Å². The number of benzene rings is 4. The lowest BCUT2D eigenvalue weighted by molar-refractivity contribution is 0.318. The lowest BCUT2D eigenvalue weighted by Crippen LogP contribution is -2.55. The van der Waals surface area contributed by atoms with Crippen LogP contribution in [0.2, 0.25) is 0 Å². The molecule has 0 aliphatic rings. The SMILES string of the molecule is CC(C)CC(N)(N)C(c1cccc2ccccc12)c1cccc2ccccc12. The molecular formula is C26H28N2. The molecule has 0 unspecified atom stereocenters. The minimum Gasteiger partial charge on any atom is -0.313 e. The third kappa shape index (κ3) is 3.42. The molecule has 0 heterocycles. The summed E-state index contributed by atoms with van der Waals surface area (Å²) in [5.74, 6) is 0.301. The molecule has 0 aliphatic carbocycles. The first-order valence-electron chi connectivity index (χ1n) is 10.0. The molecule has 4 aromatic carbocycles. The Kier molecular flexibility index (Phi) is 4.92. The van der Waals surface area contributed by atoms with E-state index in [1.165, 1.54) is 32.7 Å². The van der Waals surface area contributed by atoms with Gasteiger partial charge in [0.2, 0.25) is 0 Å². The fraction of sp³-hybridized carbons (Fsp3) is 0.231. The Bertz CT molecular complexity index is 1020. The molecular weight excluding hydrogens is 340 g/mol. The molecule has 2 heteroatoms. The second-order valence-electron chi connectivity index (χ2n) is 8.28. The normalized spacial score (nSPS) is 12.4. The predicted molar refractivity (Wildman–Crippen MR) is 120 cm³/mol. The summed E-state index contributed by atoms with van der Waals surface area (Å²) in [6.45, 7) is 4.36. The minimum atomic E-state index is -0.859. The quantitative estimate of drug-likeness (QED) is 0.438. The molecule has 0 fully saturated rings. The van der Waals surface area contributed by atoms with Gasteiger partial charge in [-0.2, -0.15) is 0 Å². The van der Waals surface area contributed by atoms with Crippen molar-refractivity contribution in [3.05, 3.63) is 96.1 Å². The summed E-state index contributed by atoms with van der Waals surface area (Å²) >= 11 is 0. The largest absolute Gasteiger partial charge is 0.313 e. The van der Waals surface area contributed by atoms with E-state index in [0.29, 0.717) is 5.92 Å². The molecule has 4 rings (SSSR count). The third-order valence-electron chi connectivity index (χ3n) is 5.57. The van der Waals surface area contributed by atoms with Crippen molar-refractivity contribution in [3.8, 4) is 0 Å². The average Bonchev–Trinajstić information content (AvgIpc) is 2.67. The van der Waals surface area contributed by atoms with Crippen LogP contribution in [0.1, 0.15) is 37.3 Å². The van der Waals surface area contributed by atoms with Crippen LogP contribution in [0.4, 0.5) is 0 Å². The Labute approximate surface area is 167 Å². The molecule has 4 aromatic rings. The monoisotopic (exact) mass is 368 g/mol. The lowest BCUT2D eigenvalue weighted by Gasteiger charge is -2.37. The van der Waals surface area contributed by atoms with Crippen LogP contribution in [-0.2, 0) is 0 Å². The Morgan fingerprint density at radius 1 is 0.643 bits per heavy atom. The number of nitrogens with two attached hydrogens (primary N) is 2. The maximum absolute atomic E-state index is 6.89. The highest BCUT2D eigenvalue weighted by atomic mass is 15.0. The van der Waals surface area contributed by atoms with Gasteiger partial charge in [-0.15, -0.1) is 0 Å². The van der Waals surface area contributed by atoms with Crippen molar-refractivity contribution in [2.24, 2.45) is 17.4 Å². The first-order valence-corrected chi connectivity index (χ1v) is 10.0. The molecule has 0 amide bonds. The number of fused-ring (bicyclic) bond motifs is 2. The van der Waals surface area contributed by atoms with Crippen LogP contribution in [0.5, 0.6) is 0 Å². The van der Waals surface area contributed by atoms with E-state index in [9.17, 15) is 0 Å². The third-order valence-corrected chi connectivity index (χ3v) is 5.57. The second kappa shape index (κ2) is 7.38. The Morgan fingerprint density at radius 3 is 1.54 bits per heavy atom. The Hall–Kier alpha value is -2.68. The maximum atomic E-state index is 6.89. The van der Waals surface area contributed by atoms with E-state index in [-0.39, 0.29) is 5.92 Å². The van der Waals surface area contributed by atoms with Gasteiger partial charge in [0, 0.05) is 5.92 Å². The molecule has 4 N–H and O–H groups in total. The lowest BCUT2D eigenvalue weighted by atomic mass is 9.75. The van der Waals surface area contributed by atoms with Crippen molar-refractivity contribution in [2.45, 2.75) is 31.8 Å². The fourth-order valence-electron chi connectivity index (χ4n) is 4.58. The average molecular weight is 369 g/mol. The molecule has 0 aliphatic heterocycles. The minimum absolute atomic E-state index is 0.105. The number of hydrogen-bond acceptors (Lipinski definition) is 2. The van der Waals surface area contributed by atoms with Crippen LogP contribution in [0.15, 0.2) is 84.9 Å². The highest BCUT2D eigenvalue weighted by Gasteiger charge is 2.35. The molecule has 0 radical (unpaired) electrons. The summed E-state index contributed by atoms with van der Waals surface area (Å²) in [5.41, 5.74) is 15.3. The van der Waals surface area contributed by atoms with Crippen LogP contribution in [0.3, 0.4) is 0 Å². The van der Waals surface area contributed by atoms with Gasteiger partial charge in [-0.25, -0.2) is 0 Å². The summed E-state index contributed by atoms with van der Waals surface area (Å²) < 4.78 is 0. The van der Waals surface area contributed by atoms with E-state index in [1.54, 1.807) is 0 Å². The van der Waals surface area contributed by atoms with Gasteiger partial charge in [0.1, 0.15) is 0 Å². The predicted octanol–water partition coefficient (Wildman–Crippen LogP) is 5.78. The zero-order chi connectivity index (χ0) is 19.7. The maximum Gasteiger partial charge on any atom is 0.0751 e. The van der Waals surface area contributed by atoms with Crippen LogP contribution in [0, 0.1) is 5.92 Å². The summed E-state index contributed by atoms with van der Waals surface area (Å²) in [7, 11) is 0. The van der Waals surface area contributed by atoms with Gasteiger partial charge in [-0.1, -0.05) is 98.8 Å². The standard InChI is InChI=1S/C26H28N2/c1-18(2)17-26(27,28)25(23-15-7-11-19-9-3-5-13-21(19)23)24-16-8-12-20-10-4-6-14-22(20)24/h3-16,18,25H,17,27-28H2,1-2H3. The van der Waals surface area contributed by atoms with E-state index in [1.807, 2.05) is 0 Å². The zero-order valence-electron chi connectivity index (χ0n) is 16.6. The van der Waals surface area contributed by atoms with E-state index < -0.39 is 5.66 Å². The summed E-state index contributed by atoms with van der Waals surface area (Å²) in [6.07, 6.45) is 0.740. The molecule has 142 valence electrons. The van der Waals surface area contributed by atoms with E-state index >= 15 is 0 Å².